The molecule has 2 rings (SSSR count). The van der Waals surface area contributed by atoms with Crippen LogP contribution in [0.25, 0.3) is 0 Å². The predicted molar refractivity (Wildman–Crippen MR) is 68.5 cm³/mol. The van der Waals surface area contributed by atoms with Gasteiger partial charge >= 0.3 is 0 Å². The van der Waals surface area contributed by atoms with Crippen molar-refractivity contribution >= 4 is 5.91 Å². The first kappa shape index (κ1) is 13.1. The first-order chi connectivity index (χ1) is 8.58. The van der Waals surface area contributed by atoms with E-state index < -0.39 is 0 Å². The molecule has 1 amide bonds. The largest absolute Gasteiger partial charge is 0.436 e. The summed E-state index contributed by atoms with van der Waals surface area (Å²) in [7, 11) is 0. The van der Waals surface area contributed by atoms with Crippen LogP contribution in [0, 0.1) is 19.8 Å². The van der Waals surface area contributed by atoms with Crippen molar-refractivity contribution in [1.29, 1.82) is 0 Å². The summed E-state index contributed by atoms with van der Waals surface area (Å²) in [6.45, 7) is 7.64. The summed E-state index contributed by atoms with van der Waals surface area (Å²) in [6, 6.07) is 0.148. The number of piperidine rings is 1. The minimum atomic E-state index is -0.161. The number of hydrogen-bond donors (Lipinski definition) is 2. The second-order valence-corrected chi connectivity index (χ2v) is 5.02. The second kappa shape index (κ2) is 5.52. The van der Waals surface area contributed by atoms with Gasteiger partial charge in [-0.2, -0.15) is 0 Å². The number of carbonyl (C=O) groups is 1. The number of carbonyl (C=O) groups excluding carboxylic acids is 1. The van der Waals surface area contributed by atoms with E-state index in [0.29, 0.717) is 23.3 Å². The van der Waals surface area contributed by atoms with E-state index in [1.54, 1.807) is 13.8 Å². The highest BCUT2D eigenvalue weighted by Crippen LogP contribution is 2.15. The van der Waals surface area contributed by atoms with Gasteiger partial charge in [0.1, 0.15) is 0 Å². The van der Waals surface area contributed by atoms with E-state index in [9.17, 15) is 4.79 Å². The molecule has 18 heavy (non-hydrogen) atoms. The zero-order valence-corrected chi connectivity index (χ0v) is 11.2. The van der Waals surface area contributed by atoms with Crippen LogP contribution in [0.15, 0.2) is 4.42 Å². The van der Waals surface area contributed by atoms with Crippen LogP contribution >= 0.6 is 0 Å². The van der Waals surface area contributed by atoms with E-state index in [-0.39, 0.29) is 11.9 Å². The van der Waals surface area contributed by atoms with E-state index in [4.69, 9.17) is 4.42 Å². The molecule has 0 aliphatic carbocycles. The molecule has 0 bridgehead atoms. The van der Waals surface area contributed by atoms with Crippen LogP contribution in [0.2, 0.25) is 0 Å². The fraction of sp³-hybridized carbons (Fsp3) is 0.692. The molecule has 1 saturated heterocycles. The van der Waals surface area contributed by atoms with Gasteiger partial charge in [-0.1, -0.05) is 0 Å². The maximum atomic E-state index is 12.1. The van der Waals surface area contributed by atoms with Gasteiger partial charge in [-0.05, 0) is 45.7 Å². The van der Waals surface area contributed by atoms with Crippen molar-refractivity contribution in [2.24, 2.45) is 5.92 Å². The normalized spacial score (nSPS) is 21.6. The molecule has 1 aromatic rings. The summed E-state index contributed by atoms with van der Waals surface area (Å²) >= 11 is 0. The molecule has 2 atom stereocenters. The number of nitrogens with zero attached hydrogens (tertiary/aromatic N) is 1. The Morgan fingerprint density at radius 3 is 2.89 bits per heavy atom. The van der Waals surface area contributed by atoms with E-state index in [2.05, 4.69) is 15.6 Å². The van der Waals surface area contributed by atoms with Crippen LogP contribution in [0.5, 0.6) is 0 Å². The van der Waals surface area contributed by atoms with Gasteiger partial charge in [-0.3, -0.25) is 4.79 Å². The highest BCUT2D eigenvalue weighted by molar-refractivity contribution is 5.92. The zero-order valence-electron chi connectivity index (χ0n) is 11.2. The van der Waals surface area contributed by atoms with Gasteiger partial charge in [0.25, 0.3) is 5.91 Å². The topological polar surface area (TPSA) is 67.2 Å². The number of aryl methyl sites for hydroxylation is 2. The smallest absolute Gasteiger partial charge is 0.289 e. The Morgan fingerprint density at radius 1 is 1.56 bits per heavy atom. The lowest BCUT2D eigenvalue weighted by Gasteiger charge is -2.28. The summed E-state index contributed by atoms with van der Waals surface area (Å²) in [5.74, 6) is 1.20. The van der Waals surface area contributed by atoms with E-state index in [1.807, 2.05) is 6.92 Å². The molecule has 0 saturated carbocycles. The number of oxazole rings is 1. The molecular formula is C13H21N3O2. The van der Waals surface area contributed by atoms with Crippen molar-refractivity contribution in [2.75, 3.05) is 13.1 Å². The van der Waals surface area contributed by atoms with Gasteiger partial charge < -0.3 is 15.1 Å². The summed E-state index contributed by atoms with van der Waals surface area (Å²) in [5, 5.41) is 6.36. The Hall–Kier alpha value is -1.36. The fourth-order valence-electron chi connectivity index (χ4n) is 2.44. The molecule has 1 aromatic heterocycles. The third-order valence-electron chi connectivity index (χ3n) is 3.51. The number of rotatable bonds is 3. The Balaban J connectivity index is 1.96. The van der Waals surface area contributed by atoms with Crippen LogP contribution < -0.4 is 10.6 Å². The Morgan fingerprint density at radius 2 is 2.33 bits per heavy atom. The molecular weight excluding hydrogens is 230 g/mol. The molecule has 5 nitrogen and oxygen atoms in total. The Labute approximate surface area is 107 Å². The van der Waals surface area contributed by atoms with Gasteiger partial charge in [0.15, 0.2) is 5.89 Å². The first-order valence-electron chi connectivity index (χ1n) is 6.53. The van der Waals surface area contributed by atoms with E-state index in [1.165, 1.54) is 6.42 Å². The summed E-state index contributed by atoms with van der Waals surface area (Å²) < 4.78 is 5.33. The quantitative estimate of drug-likeness (QED) is 0.852. The highest BCUT2D eigenvalue weighted by atomic mass is 16.4. The predicted octanol–water partition coefficient (Wildman–Crippen LogP) is 1.41. The third-order valence-corrected chi connectivity index (χ3v) is 3.51. The molecule has 2 heterocycles. The van der Waals surface area contributed by atoms with Crippen molar-refractivity contribution in [1.82, 2.24) is 15.6 Å². The SMILES string of the molecule is Cc1nc(C)c(C(=O)NC(C)C2CCCNC2)o1. The van der Waals surface area contributed by atoms with Crippen molar-refractivity contribution < 1.29 is 9.21 Å². The molecule has 1 aliphatic heterocycles. The molecule has 1 aliphatic rings. The van der Waals surface area contributed by atoms with Crippen molar-refractivity contribution in [3.8, 4) is 0 Å². The van der Waals surface area contributed by atoms with Crippen LogP contribution in [0.4, 0.5) is 0 Å². The fourth-order valence-corrected chi connectivity index (χ4v) is 2.44. The maximum Gasteiger partial charge on any atom is 0.289 e. The molecule has 0 spiro atoms. The average molecular weight is 251 g/mol. The molecule has 2 N–H and O–H groups in total. The highest BCUT2D eigenvalue weighted by Gasteiger charge is 2.24. The number of hydrogen-bond acceptors (Lipinski definition) is 4. The lowest BCUT2D eigenvalue weighted by Crippen LogP contribution is -2.44. The van der Waals surface area contributed by atoms with Crippen LogP contribution in [0.1, 0.15) is 41.9 Å². The first-order valence-corrected chi connectivity index (χ1v) is 6.53. The summed E-state index contributed by atoms with van der Waals surface area (Å²) in [4.78, 5) is 16.2. The van der Waals surface area contributed by atoms with E-state index >= 15 is 0 Å². The molecule has 1 fully saturated rings. The molecule has 100 valence electrons. The van der Waals surface area contributed by atoms with Crippen molar-refractivity contribution in [2.45, 2.75) is 39.7 Å². The zero-order chi connectivity index (χ0) is 13.1. The molecule has 5 heteroatoms. The van der Waals surface area contributed by atoms with Gasteiger partial charge in [-0.15, -0.1) is 0 Å². The van der Waals surface area contributed by atoms with Gasteiger partial charge in [0, 0.05) is 13.0 Å². The number of nitrogens with one attached hydrogen (secondary N) is 2. The van der Waals surface area contributed by atoms with Gasteiger partial charge in [0.05, 0.1) is 5.69 Å². The van der Waals surface area contributed by atoms with Crippen LogP contribution in [-0.4, -0.2) is 30.0 Å². The van der Waals surface area contributed by atoms with Crippen molar-refractivity contribution in [3.63, 3.8) is 0 Å². The number of aromatic nitrogens is 1. The molecule has 0 radical (unpaired) electrons. The Kier molecular flexibility index (Phi) is 4.01. The second-order valence-electron chi connectivity index (χ2n) is 5.02. The molecule has 2 unspecified atom stereocenters. The van der Waals surface area contributed by atoms with Crippen LogP contribution in [-0.2, 0) is 0 Å². The monoisotopic (exact) mass is 251 g/mol. The van der Waals surface area contributed by atoms with E-state index in [0.717, 1.165) is 19.5 Å². The van der Waals surface area contributed by atoms with Gasteiger partial charge in [0.2, 0.25) is 5.76 Å². The van der Waals surface area contributed by atoms with Crippen molar-refractivity contribution in [3.05, 3.63) is 17.3 Å². The van der Waals surface area contributed by atoms with Gasteiger partial charge in [-0.25, -0.2) is 4.98 Å². The minimum absolute atomic E-state index is 0.148. The third kappa shape index (κ3) is 2.90. The molecule has 0 aromatic carbocycles. The standard InChI is InChI=1S/C13H21N3O2/c1-8(11-5-4-6-14-7-11)16-13(17)12-9(2)15-10(3)18-12/h8,11,14H,4-7H2,1-3H3,(H,16,17). The number of amides is 1. The Bertz CT molecular complexity index is 422. The lowest BCUT2D eigenvalue weighted by atomic mass is 9.93. The average Bonchev–Trinajstić information content (AvgIpc) is 2.69. The minimum Gasteiger partial charge on any atom is -0.436 e. The summed E-state index contributed by atoms with van der Waals surface area (Å²) in [6.07, 6.45) is 2.33. The maximum absolute atomic E-state index is 12.1. The lowest BCUT2D eigenvalue weighted by molar-refractivity contribution is 0.0891. The van der Waals surface area contributed by atoms with Crippen LogP contribution in [0.3, 0.4) is 0 Å². The summed E-state index contributed by atoms with van der Waals surface area (Å²) in [5.41, 5.74) is 0.652.